The first-order valence-electron chi connectivity index (χ1n) is 5.24. The lowest BCUT2D eigenvalue weighted by Crippen LogP contribution is -2.25. The standard InChI is InChI=1S/C10H13ClF3N3O/c1-3-6(5-18-2)15-8-4-7(10(12,13)14)16-9(11)17-8/h4,6H,3,5H2,1-2H3,(H,15,16,17). The first-order chi connectivity index (χ1) is 8.36. The van der Waals surface area contributed by atoms with Crippen LogP contribution in [0.1, 0.15) is 19.0 Å². The molecule has 1 aromatic heterocycles. The van der Waals surface area contributed by atoms with E-state index in [1.807, 2.05) is 6.92 Å². The van der Waals surface area contributed by atoms with Crippen LogP contribution in [0.3, 0.4) is 0 Å². The molecule has 0 saturated heterocycles. The molecule has 0 radical (unpaired) electrons. The average molecular weight is 284 g/mol. The van der Waals surface area contributed by atoms with E-state index in [0.29, 0.717) is 13.0 Å². The van der Waals surface area contributed by atoms with Crippen LogP contribution < -0.4 is 5.32 Å². The quantitative estimate of drug-likeness (QED) is 0.844. The van der Waals surface area contributed by atoms with Crippen LogP contribution in [0.5, 0.6) is 0 Å². The number of rotatable bonds is 5. The van der Waals surface area contributed by atoms with E-state index in [0.717, 1.165) is 6.07 Å². The molecule has 0 bridgehead atoms. The normalized spacial score (nSPS) is 13.4. The molecule has 0 saturated carbocycles. The molecule has 1 N–H and O–H groups in total. The number of hydrogen-bond donors (Lipinski definition) is 1. The summed E-state index contributed by atoms with van der Waals surface area (Å²) in [7, 11) is 1.51. The van der Waals surface area contributed by atoms with E-state index in [1.165, 1.54) is 7.11 Å². The van der Waals surface area contributed by atoms with E-state index < -0.39 is 17.2 Å². The Labute approximate surface area is 108 Å². The van der Waals surface area contributed by atoms with E-state index >= 15 is 0 Å². The van der Waals surface area contributed by atoms with E-state index in [1.54, 1.807) is 0 Å². The Morgan fingerprint density at radius 2 is 2.11 bits per heavy atom. The largest absolute Gasteiger partial charge is 0.433 e. The minimum atomic E-state index is -4.55. The van der Waals surface area contributed by atoms with Gasteiger partial charge < -0.3 is 10.1 Å². The van der Waals surface area contributed by atoms with Crippen LogP contribution in [0.2, 0.25) is 5.28 Å². The molecule has 18 heavy (non-hydrogen) atoms. The maximum absolute atomic E-state index is 12.5. The second-order valence-electron chi connectivity index (χ2n) is 3.61. The zero-order chi connectivity index (χ0) is 13.8. The Hall–Kier alpha value is -1.08. The van der Waals surface area contributed by atoms with Crippen molar-refractivity contribution in [2.75, 3.05) is 19.0 Å². The van der Waals surface area contributed by atoms with Crippen molar-refractivity contribution in [3.63, 3.8) is 0 Å². The Morgan fingerprint density at radius 1 is 1.44 bits per heavy atom. The molecule has 1 atom stereocenters. The summed E-state index contributed by atoms with van der Waals surface area (Å²) < 4.78 is 42.5. The maximum Gasteiger partial charge on any atom is 0.433 e. The maximum atomic E-state index is 12.5. The number of methoxy groups -OCH3 is 1. The van der Waals surface area contributed by atoms with Crippen molar-refractivity contribution in [1.29, 1.82) is 0 Å². The molecule has 1 rings (SSSR count). The van der Waals surface area contributed by atoms with E-state index in [-0.39, 0.29) is 11.9 Å². The Morgan fingerprint density at radius 3 is 2.61 bits per heavy atom. The highest BCUT2D eigenvalue weighted by Gasteiger charge is 2.33. The molecule has 0 aliphatic carbocycles. The zero-order valence-electron chi connectivity index (χ0n) is 9.88. The second-order valence-corrected chi connectivity index (χ2v) is 3.95. The van der Waals surface area contributed by atoms with Crippen molar-refractivity contribution in [1.82, 2.24) is 9.97 Å². The summed E-state index contributed by atoms with van der Waals surface area (Å²) in [5.41, 5.74) is -1.07. The summed E-state index contributed by atoms with van der Waals surface area (Å²) >= 11 is 5.47. The fourth-order valence-corrected chi connectivity index (χ4v) is 1.49. The number of nitrogens with zero attached hydrogens (tertiary/aromatic N) is 2. The molecule has 1 unspecified atom stereocenters. The van der Waals surface area contributed by atoms with E-state index in [9.17, 15) is 13.2 Å². The highest BCUT2D eigenvalue weighted by molar-refractivity contribution is 6.28. The molecule has 0 aliphatic heterocycles. The first-order valence-corrected chi connectivity index (χ1v) is 5.61. The molecule has 0 aromatic carbocycles. The van der Waals surface area contributed by atoms with Crippen LogP contribution in [0.25, 0.3) is 0 Å². The van der Waals surface area contributed by atoms with Crippen LogP contribution in [-0.2, 0) is 10.9 Å². The van der Waals surface area contributed by atoms with Crippen LogP contribution in [0.4, 0.5) is 19.0 Å². The van der Waals surface area contributed by atoms with Crippen molar-refractivity contribution in [3.05, 3.63) is 17.0 Å². The van der Waals surface area contributed by atoms with Gasteiger partial charge in [-0.25, -0.2) is 9.97 Å². The van der Waals surface area contributed by atoms with Crippen molar-refractivity contribution in [2.24, 2.45) is 0 Å². The summed E-state index contributed by atoms with van der Waals surface area (Å²) in [6.07, 6.45) is -3.87. The number of anilines is 1. The van der Waals surface area contributed by atoms with Gasteiger partial charge in [-0.1, -0.05) is 6.92 Å². The van der Waals surface area contributed by atoms with Gasteiger partial charge in [-0.05, 0) is 18.0 Å². The highest BCUT2D eigenvalue weighted by atomic mass is 35.5. The smallest absolute Gasteiger partial charge is 0.383 e. The van der Waals surface area contributed by atoms with Crippen LogP contribution >= 0.6 is 11.6 Å². The molecule has 1 aromatic rings. The SMILES string of the molecule is CCC(COC)Nc1cc(C(F)(F)F)nc(Cl)n1. The molecule has 1 heterocycles. The monoisotopic (exact) mass is 283 g/mol. The van der Waals surface area contributed by atoms with Gasteiger partial charge in [0.05, 0.1) is 12.6 Å². The summed E-state index contributed by atoms with van der Waals surface area (Å²) in [5.74, 6) is 0.0335. The van der Waals surface area contributed by atoms with Gasteiger partial charge in [0.25, 0.3) is 0 Å². The average Bonchev–Trinajstić information content (AvgIpc) is 2.26. The second kappa shape index (κ2) is 6.19. The van der Waals surface area contributed by atoms with Crippen LogP contribution in [-0.4, -0.2) is 29.7 Å². The third kappa shape index (κ3) is 4.30. The predicted molar refractivity (Wildman–Crippen MR) is 61.6 cm³/mol. The summed E-state index contributed by atoms with van der Waals surface area (Å²) in [5, 5.41) is 2.38. The van der Waals surface area contributed by atoms with Gasteiger partial charge in [-0.3, -0.25) is 0 Å². The number of alkyl halides is 3. The fraction of sp³-hybridized carbons (Fsp3) is 0.600. The van der Waals surface area contributed by atoms with E-state index in [4.69, 9.17) is 16.3 Å². The van der Waals surface area contributed by atoms with Crippen molar-refractivity contribution < 1.29 is 17.9 Å². The number of ether oxygens (including phenoxy) is 1. The molecule has 102 valence electrons. The molecule has 4 nitrogen and oxygen atoms in total. The molecular weight excluding hydrogens is 271 g/mol. The zero-order valence-corrected chi connectivity index (χ0v) is 10.6. The summed E-state index contributed by atoms with van der Waals surface area (Å²) in [4.78, 5) is 6.85. The third-order valence-corrected chi connectivity index (χ3v) is 2.37. The van der Waals surface area contributed by atoms with Gasteiger partial charge in [-0.2, -0.15) is 13.2 Å². The Bertz CT molecular complexity index is 400. The van der Waals surface area contributed by atoms with E-state index in [2.05, 4.69) is 15.3 Å². The highest BCUT2D eigenvalue weighted by Crippen LogP contribution is 2.29. The summed E-state index contributed by atoms with van der Waals surface area (Å²) in [6, 6.07) is 0.687. The Balaban J connectivity index is 2.92. The van der Waals surface area contributed by atoms with Crippen LogP contribution in [0, 0.1) is 0 Å². The van der Waals surface area contributed by atoms with Crippen molar-refractivity contribution in [3.8, 4) is 0 Å². The predicted octanol–water partition coefficient (Wildman–Crippen LogP) is 2.99. The van der Waals surface area contributed by atoms with Gasteiger partial charge in [0.15, 0.2) is 5.69 Å². The Kier molecular flexibility index (Phi) is 5.15. The minimum absolute atomic E-state index is 0.0335. The number of hydrogen-bond acceptors (Lipinski definition) is 4. The van der Waals surface area contributed by atoms with Crippen LogP contribution in [0.15, 0.2) is 6.07 Å². The van der Waals surface area contributed by atoms with Gasteiger partial charge in [-0.15, -0.1) is 0 Å². The number of aromatic nitrogens is 2. The van der Waals surface area contributed by atoms with Gasteiger partial charge in [0.2, 0.25) is 5.28 Å². The molecule has 0 aliphatic rings. The lowest BCUT2D eigenvalue weighted by molar-refractivity contribution is -0.141. The topological polar surface area (TPSA) is 47.0 Å². The van der Waals surface area contributed by atoms with Gasteiger partial charge in [0.1, 0.15) is 5.82 Å². The van der Waals surface area contributed by atoms with Gasteiger partial charge in [0, 0.05) is 13.2 Å². The minimum Gasteiger partial charge on any atom is -0.383 e. The number of nitrogens with one attached hydrogen (secondary N) is 1. The molecular formula is C10H13ClF3N3O. The lowest BCUT2D eigenvalue weighted by atomic mass is 10.2. The van der Waals surface area contributed by atoms with Gasteiger partial charge >= 0.3 is 6.18 Å². The molecule has 0 spiro atoms. The van der Waals surface area contributed by atoms with Crippen molar-refractivity contribution >= 4 is 17.4 Å². The molecule has 8 heteroatoms. The third-order valence-electron chi connectivity index (χ3n) is 2.20. The summed E-state index contributed by atoms with van der Waals surface area (Å²) in [6.45, 7) is 2.24. The molecule has 0 fully saturated rings. The first kappa shape index (κ1) is 15.0. The lowest BCUT2D eigenvalue weighted by Gasteiger charge is -2.17. The van der Waals surface area contributed by atoms with Crippen molar-refractivity contribution in [2.45, 2.75) is 25.6 Å². The fourth-order valence-electron chi connectivity index (χ4n) is 1.31. The molecule has 0 amide bonds. The number of halogens is 4.